The Bertz CT molecular complexity index is 1180. The summed E-state index contributed by atoms with van der Waals surface area (Å²) >= 11 is 2.69. The van der Waals surface area contributed by atoms with Crippen LogP contribution in [0.3, 0.4) is 0 Å². The van der Waals surface area contributed by atoms with Crippen molar-refractivity contribution in [2.75, 3.05) is 32.2 Å². The predicted octanol–water partition coefficient (Wildman–Crippen LogP) is 3.84. The van der Waals surface area contributed by atoms with Crippen molar-refractivity contribution in [1.82, 2.24) is 4.90 Å². The number of anilines is 1. The highest BCUT2D eigenvalue weighted by Gasteiger charge is 2.36. The van der Waals surface area contributed by atoms with Crippen molar-refractivity contribution in [3.05, 3.63) is 50.4 Å². The Kier molecular flexibility index (Phi) is 8.98. The van der Waals surface area contributed by atoms with Crippen LogP contribution >= 0.6 is 34.4 Å². The fourth-order valence-electron chi connectivity index (χ4n) is 3.01. The van der Waals surface area contributed by atoms with E-state index in [2.05, 4.69) is 5.32 Å². The van der Waals surface area contributed by atoms with E-state index in [4.69, 9.17) is 19.3 Å². The molecule has 0 unspecified atom stereocenters. The first kappa shape index (κ1) is 26.3. The maximum Gasteiger partial charge on any atom is 0.341 e. The Morgan fingerprint density at radius 1 is 1.17 bits per heavy atom. The lowest BCUT2D eigenvalue weighted by Gasteiger charge is -2.14. The molecule has 2 aromatic carbocycles. The first-order valence-electron chi connectivity index (χ1n) is 10.2. The number of carbonyl (C=O) groups is 4. The van der Waals surface area contributed by atoms with Crippen molar-refractivity contribution >= 4 is 69.1 Å². The number of amides is 3. The molecule has 3 rings (SSSR count). The number of rotatable bonds is 10. The van der Waals surface area contributed by atoms with E-state index in [9.17, 15) is 19.2 Å². The number of methoxy groups -OCH3 is 1. The zero-order valence-electron chi connectivity index (χ0n) is 18.7. The summed E-state index contributed by atoms with van der Waals surface area (Å²) in [7, 11) is 1.53. The quantitative estimate of drug-likeness (QED) is 0.304. The second kappa shape index (κ2) is 11.9. The Morgan fingerprint density at radius 2 is 1.89 bits per heavy atom. The van der Waals surface area contributed by atoms with Crippen LogP contribution in [0.15, 0.2) is 41.3 Å². The average molecular weight is 612 g/mol. The summed E-state index contributed by atoms with van der Waals surface area (Å²) < 4.78 is 16.5. The molecule has 184 valence electrons. The minimum absolute atomic E-state index is 0.143. The SMILES string of the molecule is CCOc1cc(/C=C2/SC(=O)N(CC(=O)Nc3ccc(OC)cc3)C2=O)cc(I)c1OCC(=O)O. The molecular formula is C23H21IN2O8S. The topological polar surface area (TPSA) is 131 Å². The second-order valence-electron chi connectivity index (χ2n) is 6.99. The van der Waals surface area contributed by atoms with Gasteiger partial charge >= 0.3 is 5.97 Å². The van der Waals surface area contributed by atoms with Gasteiger partial charge in [0, 0.05) is 5.69 Å². The monoisotopic (exact) mass is 612 g/mol. The van der Waals surface area contributed by atoms with Gasteiger partial charge in [-0.25, -0.2) is 4.79 Å². The molecular weight excluding hydrogens is 591 g/mol. The number of ether oxygens (including phenoxy) is 3. The Labute approximate surface area is 218 Å². The van der Waals surface area contributed by atoms with E-state index < -0.39 is 36.2 Å². The molecule has 0 saturated carbocycles. The summed E-state index contributed by atoms with van der Waals surface area (Å²) in [6.07, 6.45) is 1.51. The third-order valence-electron chi connectivity index (χ3n) is 4.52. The molecule has 2 aromatic rings. The van der Waals surface area contributed by atoms with Gasteiger partial charge in [0.2, 0.25) is 5.91 Å². The van der Waals surface area contributed by atoms with Crippen molar-refractivity contribution in [1.29, 1.82) is 0 Å². The van der Waals surface area contributed by atoms with Gasteiger partial charge in [0.15, 0.2) is 18.1 Å². The number of thioether (sulfide) groups is 1. The summed E-state index contributed by atoms with van der Waals surface area (Å²) in [5.74, 6) is -1.03. The molecule has 0 radical (unpaired) electrons. The largest absolute Gasteiger partial charge is 0.497 e. The van der Waals surface area contributed by atoms with Crippen molar-refractivity contribution in [3.63, 3.8) is 0 Å². The standard InChI is InChI=1S/C23H21IN2O8S/c1-3-33-17-9-13(8-16(24)21(17)34-12-20(28)29)10-18-22(30)26(23(31)35-18)11-19(27)25-14-4-6-15(32-2)7-5-14/h4-10H,3,11-12H2,1-2H3,(H,25,27)(H,28,29)/b18-10+. The van der Waals surface area contributed by atoms with E-state index in [0.717, 1.165) is 16.7 Å². The number of aliphatic carboxylic acids is 1. The van der Waals surface area contributed by atoms with Crippen LogP contribution in [0.5, 0.6) is 17.2 Å². The fraction of sp³-hybridized carbons (Fsp3) is 0.217. The van der Waals surface area contributed by atoms with E-state index in [0.29, 0.717) is 32.9 Å². The number of imide groups is 1. The van der Waals surface area contributed by atoms with Crippen molar-refractivity contribution in [2.24, 2.45) is 0 Å². The molecule has 1 fully saturated rings. The van der Waals surface area contributed by atoms with Gasteiger partial charge in [0.1, 0.15) is 12.3 Å². The minimum atomic E-state index is -1.13. The number of halogens is 1. The van der Waals surface area contributed by atoms with Crippen LogP contribution in [0.4, 0.5) is 10.5 Å². The first-order chi connectivity index (χ1) is 16.7. The summed E-state index contributed by atoms with van der Waals surface area (Å²) in [5, 5.41) is 11.0. The third-order valence-corrected chi connectivity index (χ3v) is 6.23. The van der Waals surface area contributed by atoms with E-state index in [1.807, 2.05) is 22.6 Å². The smallest absolute Gasteiger partial charge is 0.341 e. The third kappa shape index (κ3) is 6.88. The maximum atomic E-state index is 12.8. The number of nitrogens with zero attached hydrogens (tertiary/aromatic N) is 1. The van der Waals surface area contributed by atoms with Crippen molar-refractivity contribution in [3.8, 4) is 17.2 Å². The van der Waals surface area contributed by atoms with Gasteiger partial charge in [-0.1, -0.05) is 0 Å². The lowest BCUT2D eigenvalue weighted by atomic mass is 10.2. The summed E-state index contributed by atoms with van der Waals surface area (Å²) in [4.78, 5) is 49.5. The van der Waals surface area contributed by atoms with Crippen molar-refractivity contribution < 1.29 is 38.5 Å². The molecule has 10 nitrogen and oxygen atoms in total. The minimum Gasteiger partial charge on any atom is -0.497 e. The number of hydrogen-bond acceptors (Lipinski definition) is 8. The van der Waals surface area contributed by atoms with E-state index in [1.165, 1.54) is 13.2 Å². The zero-order chi connectivity index (χ0) is 25.5. The summed E-state index contributed by atoms with van der Waals surface area (Å²) in [6.45, 7) is 1.11. The maximum absolute atomic E-state index is 12.8. The molecule has 1 heterocycles. The molecule has 0 bridgehead atoms. The number of carbonyl (C=O) groups excluding carboxylic acids is 3. The van der Waals surface area contributed by atoms with E-state index in [1.54, 1.807) is 43.3 Å². The Hall–Kier alpha value is -3.26. The fourth-order valence-corrected chi connectivity index (χ4v) is 4.63. The van der Waals surface area contributed by atoms with Crippen LogP contribution in [0.1, 0.15) is 12.5 Å². The van der Waals surface area contributed by atoms with E-state index in [-0.39, 0.29) is 10.7 Å². The number of carboxylic acid groups (broad SMARTS) is 1. The molecule has 0 aromatic heterocycles. The van der Waals surface area contributed by atoms with Crippen LogP contribution < -0.4 is 19.5 Å². The summed E-state index contributed by atoms with van der Waals surface area (Å²) in [6, 6.07) is 9.90. The molecule has 2 N–H and O–H groups in total. The molecule has 0 spiro atoms. The molecule has 12 heteroatoms. The predicted molar refractivity (Wildman–Crippen MR) is 138 cm³/mol. The van der Waals surface area contributed by atoms with Gasteiger partial charge in [-0.05, 0) is 89.3 Å². The van der Waals surface area contributed by atoms with Gasteiger partial charge in [-0.2, -0.15) is 0 Å². The number of benzene rings is 2. The van der Waals surface area contributed by atoms with Gasteiger partial charge in [0.25, 0.3) is 11.1 Å². The molecule has 35 heavy (non-hydrogen) atoms. The van der Waals surface area contributed by atoms with Crippen molar-refractivity contribution in [2.45, 2.75) is 6.92 Å². The molecule has 1 saturated heterocycles. The van der Waals surface area contributed by atoms with Crippen LogP contribution in [0.25, 0.3) is 6.08 Å². The number of nitrogens with one attached hydrogen (secondary N) is 1. The van der Waals surface area contributed by atoms with Crippen LogP contribution in [-0.2, 0) is 14.4 Å². The van der Waals surface area contributed by atoms with Gasteiger partial charge in [-0.3, -0.25) is 19.3 Å². The lowest BCUT2D eigenvalue weighted by Crippen LogP contribution is -2.36. The van der Waals surface area contributed by atoms with Gasteiger partial charge in [0.05, 0.1) is 22.2 Å². The molecule has 3 amide bonds. The molecule has 1 aliphatic rings. The second-order valence-corrected chi connectivity index (χ2v) is 9.15. The molecule has 0 atom stereocenters. The van der Waals surface area contributed by atoms with Gasteiger partial charge in [-0.15, -0.1) is 0 Å². The van der Waals surface area contributed by atoms with Crippen LogP contribution in [0, 0.1) is 3.57 Å². The van der Waals surface area contributed by atoms with Crippen LogP contribution in [-0.4, -0.2) is 59.9 Å². The Morgan fingerprint density at radius 3 is 2.51 bits per heavy atom. The highest BCUT2D eigenvalue weighted by Crippen LogP contribution is 2.37. The van der Waals surface area contributed by atoms with E-state index >= 15 is 0 Å². The molecule has 0 aliphatic carbocycles. The number of carboxylic acids is 1. The molecule has 1 aliphatic heterocycles. The average Bonchev–Trinajstić information content (AvgIpc) is 3.06. The number of hydrogen-bond donors (Lipinski definition) is 2. The Balaban J connectivity index is 1.74. The highest BCUT2D eigenvalue weighted by molar-refractivity contribution is 14.1. The first-order valence-corrected chi connectivity index (χ1v) is 12.1. The van der Waals surface area contributed by atoms with Crippen LogP contribution in [0.2, 0.25) is 0 Å². The normalized spacial score (nSPS) is 14.3. The highest BCUT2D eigenvalue weighted by atomic mass is 127. The zero-order valence-corrected chi connectivity index (χ0v) is 21.7. The lowest BCUT2D eigenvalue weighted by molar-refractivity contribution is -0.139. The van der Waals surface area contributed by atoms with Gasteiger partial charge < -0.3 is 24.6 Å². The summed E-state index contributed by atoms with van der Waals surface area (Å²) in [5.41, 5.74) is 1.05.